The van der Waals surface area contributed by atoms with Gasteiger partial charge in [-0.3, -0.25) is 5.01 Å². The molecule has 3 aromatic rings. The standard InChI is InChI=1S/C23H21Cl3N4O2/c1-23(2)11-19(30(28)22(27)31)17-10-16(12-3-5-13(24)6-4-12)20(29-21(17)32-23)15-8-7-14(25)9-18(15)26/h3-10,19H,11,28H2,1-2H3,(H2,27,31). The molecule has 0 bridgehead atoms. The Morgan fingerprint density at radius 1 is 1.06 bits per heavy atom. The topological polar surface area (TPSA) is 94.5 Å². The number of aromatic nitrogens is 1. The minimum absolute atomic E-state index is 0.363. The number of hydrazine groups is 1. The first-order chi connectivity index (χ1) is 15.1. The molecule has 2 heterocycles. The summed E-state index contributed by atoms with van der Waals surface area (Å²) in [5.41, 5.74) is 8.44. The lowest BCUT2D eigenvalue weighted by atomic mass is 9.88. The normalized spacial score (nSPS) is 16.8. The number of primary amides is 1. The van der Waals surface area contributed by atoms with Crippen molar-refractivity contribution < 1.29 is 9.53 Å². The zero-order valence-electron chi connectivity index (χ0n) is 17.4. The third-order valence-electron chi connectivity index (χ3n) is 5.36. The average Bonchev–Trinajstić information content (AvgIpc) is 2.72. The Morgan fingerprint density at radius 2 is 1.72 bits per heavy atom. The maximum absolute atomic E-state index is 11.9. The Labute approximate surface area is 201 Å². The van der Waals surface area contributed by atoms with Crippen molar-refractivity contribution in [2.45, 2.75) is 31.9 Å². The number of rotatable bonds is 3. The number of nitrogens with two attached hydrogens (primary N) is 2. The van der Waals surface area contributed by atoms with Crippen LogP contribution in [0.15, 0.2) is 48.5 Å². The molecule has 2 aromatic carbocycles. The van der Waals surface area contributed by atoms with Gasteiger partial charge in [-0.2, -0.15) is 0 Å². The Bertz CT molecular complexity index is 1200. The smallest absolute Gasteiger partial charge is 0.329 e. The third-order valence-corrected chi connectivity index (χ3v) is 6.16. The summed E-state index contributed by atoms with van der Waals surface area (Å²) in [6.45, 7) is 3.81. The van der Waals surface area contributed by atoms with Crippen molar-refractivity contribution in [3.63, 3.8) is 0 Å². The van der Waals surface area contributed by atoms with Crippen molar-refractivity contribution in [3.05, 3.63) is 69.2 Å². The van der Waals surface area contributed by atoms with Crippen LogP contribution >= 0.6 is 34.8 Å². The molecule has 32 heavy (non-hydrogen) atoms. The van der Waals surface area contributed by atoms with Gasteiger partial charge in [-0.1, -0.05) is 46.9 Å². The molecule has 4 rings (SSSR count). The number of fused-ring (bicyclic) bond motifs is 1. The van der Waals surface area contributed by atoms with E-state index in [2.05, 4.69) is 0 Å². The molecule has 0 spiro atoms. The molecule has 1 aromatic heterocycles. The molecule has 0 saturated carbocycles. The number of pyridine rings is 1. The highest BCUT2D eigenvalue weighted by molar-refractivity contribution is 6.36. The van der Waals surface area contributed by atoms with Crippen molar-refractivity contribution in [2.24, 2.45) is 11.6 Å². The number of carbonyl (C=O) groups is 1. The summed E-state index contributed by atoms with van der Waals surface area (Å²) in [6.07, 6.45) is 0.447. The summed E-state index contributed by atoms with van der Waals surface area (Å²) < 4.78 is 6.18. The van der Waals surface area contributed by atoms with E-state index < -0.39 is 17.7 Å². The van der Waals surface area contributed by atoms with E-state index in [1.54, 1.807) is 24.3 Å². The second-order valence-corrected chi connectivity index (χ2v) is 9.52. The molecule has 0 fully saturated rings. The summed E-state index contributed by atoms with van der Waals surface area (Å²) in [5, 5.41) is 2.59. The minimum Gasteiger partial charge on any atom is -0.471 e. The van der Waals surface area contributed by atoms with Gasteiger partial charge in [0.25, 0.3) is 0 Å². The van der Waals surface area contributed by atoms with Crippen molar-refractivity contribution in [1.82, 2.24) is 9.99 Å². The highest BCUT2D eigenvalue weighted by Crippen LogP contribution is 2.46. The number of hydrogen-bond donors (Lipinski definition) is 2. The van der Waals surface area contributed by atoms with Gasteiger partial charge in [-0.15, -0.1) is 0 Å². The van der Waals surface area contributed by atoms with Crippen molar-refractivity contribution in [1.29, 1.82) is 0 Å². The van der Waals surface area contributed by atoms with Crippen LogP contribution in [0.5, 0.6) is 5.88 Å². The molecule has 4 N–H and O–H groups in total. The first-order valence-electron chi connectivity index (χ1n) is 9.84. The number of carbonyl (C=O) groups excluding carboxylic acids is 1. The van der Waals surface area contributed by atoms with Crippen LogP contribution in [0, 0.1) is 0 Å². The Hall–Kier alpha value is -2.51. The molecule has 2 amide bonds. The highest BCUT2D eigenvalue weighted by Gasteiger charge is 2.39. The molecule has 6 nitrogen and oxygen atoms in total. The second kappa shape index (κ2) is 8.45. The third kappa shape index (κ3) is 4.36. The van der Waals surface area contributed by atoms with Crippen LogP contribution in [0.4, 0.5) is 4.79 Å². The number of halogens is 3. The summed E-state index contributed by atoms with van der Waals surface area (Å²) in [7, 11) is 0. The first kappa shape index (κ1) is 22.7. The molecule has 1 aliphatic rings. The molecule has 1 aliphatic heterocycles. The van der Waals surface area contributed by atoms with Gasteiger partial charge in [-0.05, 0) is 55.8 Å². The fourth-order valence-electron chi connectivity index (χ4n) is 3.85. The summed E-state index contributed by atoms with van der Waals surface area (Å²) >= 11 is 18.7. The summed E-state index contributed by atoms with van der Waals surface area (Å²) in [5.74, 6) is 6.41. The Kier molecular flexibility index (Phi) is 5.98. The van der Waals surface area contributed by atoms with Crippen LogP contribution in [0.25, 0.3) is 22.4 Å². The number of nitrogens with zero attached hydrogens (tertiary/aromatic N) is 2. The van der Waals surface area contributed by atoms with E-state index in [1.165, 1.54) is 0 Å². The van der Waals surface area contributed by atoms with Crippen molar-refractivity contribution in [3.8, 4) is 28.3 Å². The van der Waals surface area contributed by atoms with Gasteiger partial charge >= 0.3 is 6.03 Å². The lowest BCUT2D eigenvalue weighted by Crippen LogP contribution is -2.49. The maximum Gasteiger partial charge on any atom is 0.329 e. The van der Waals surface area contributed by atoms with Crippen molar-refractivity contribution in [2.75, 3.05) is 0 Å². The van der Waals surface area contributed by atoms with E-state index in [0.717, 1.165) is 16.1 Å². The largest absolute Gasteiger partial charge is 0.471 e. The predicted octanol–water partition coefficient (Wildman–Crippen LogP) is 6.23. The molecule has 1 unspecified atom stereocenters. The van der Waals surface area contributed by atoms with Gasteiger partial charge in [-0.25, -0.2) is 15.6 Å². The van der Waals surface area contributed by atoms with E-state index in [1.807, 2.05) is 38.1 Å². The van der Waals surface area contributed by atoms with Crippen molar-refractivity contribution >= 4 is 40.8 Å². The van der Waals surface area contributed by atoms with E-state index >= 15 is 0 Å². The van der Waals surface area contributed by atoms with Crippen LogP contribution in [-0.2, 0) is 0 Å². The number of hydrogen-bond acceptors (Lipinski definition) is 4. The van der Waals surface area contributed by atoms with E-state index in [-0.39, 0.29) is 0 Å². The molecule has 0 radical (unpaired) electrons. The monoisotopic (exact) mass is 490 g/mol. The van der Waals surface area contributed by atoms with Crippen LogP contribution in [0.2, 0.25) is 15.1 Å². The molecule has 0 aliphatic carbocycles. The molecule has 9 heteroatoms. The SMILES string of the molecule is CC1(C)CC(N(N)C(N)=O)c2cc(-c3ccc(Cl)cc3)c(-c3ccc(Cl)cc3Cl)nc2O1. The number of urea groups is 1. The van der Waals surface area contributed by atoms with Gasteiger partial charge in [0.1, 0.15) is 5.60 Å². The van der Waals surface area contributed by atoms with E-state index in [0.29, 0.717) is 44.2 Å². The van der Waals surface area contributed by atoms with Crippen LogP contribution in [-0.4, -0.2) is 21.6 Å². The highest BCUT2D eigenvalue weighted by atomic mass is 35.5. The number of amides is 2. The predicted molar refractivity (Wildman–Crippen MR) is 128 cm³/mol. The summed E-state index contributed by atoms with van der Waals surface area (Å²) in [6, 6.07) is 13.2. The van der Waals surface area contributed by atoms with Gasteiger partial charge in [0.2, 0.25) is 5.88 Å². The second-order valence-electron chi connectivity index (χ2n) is 8.24. The molecule has 1 atom stereocenters. The Balaban J connectivity index is 2.00. The quantitative estimate of drug-likeness (QED) is 0.258. The minimum atomic E-state index is -0.739. The van der Waals surface area contributed by atoms with E-state index in [9.17, 15) is 4.79 Å². The fraction of sp³-hybridized carbons (Fsp3) is 0.217. The number of ether oxygens (including phenoxy) is 1. The van der Waals surface area contributed by atoms with E-state index in [4.69, 9.17) is 56.1 Å². The summed E-state index contributed by atoms with van der Waals surface area (Å²) in [4.78, 5) is 16.7. The van der Waals surface area contributed by atoms with Crippen LogP contribution < -0.4 is 16.3 Å². The lowest BCUT2D eigenvalue weighted by molar-refractivity contribution is 0.0364. The maximum atomic E-state index is 11.9. The molecular weight excluding hydrogens is 471 g/mol. The molecule has 166 valence electrons. The van der Waals surface area contributed by atoms with Gasteiger partial charge < -0.3 is 10.5 Å². The average molecular weight is 492 g/mol. The number of benzene rings is 2. The van der Waals surface area contributed by atoms with Gasteiger partial charge in [0, 0.05) is 33.2 Å². The zero-order chi connectivity index (χ0) is 23.2. The molecule has 0 saturated heterocycles. The zero-order valence-corrected chi connectivity index (χ0v) is 19.7. The fourth-order valence-corrected chi connectivity index (χ4v) is 4.47. The Morgan fingerprint density at radius 3 is 2.34 bits per heavy atom. The van der Waals surface area contributed by atoms with Crippen LogP contribution in [0.1, 0.15) is 31.9 Å². The van der Waals surface area contributed by atoms with Gasteiger partial charge in [0.05, 0.1) is 16.8 Å². The van der Waals surface area contributed by atoms with Crippen LogP contribution in [0.3, 0.4) is 0 Å². The first-order valence-corrected chi connectivity index (χ1v) is 11.0. The lowest BCUT2D eigenvalue weighted by Gasteiger charge is -2.40. The van der Waals surface area contributed by atoms with Gasteiger partial charge in [0.15, 0.2) is 0 Å². The molecular formula is C23H21Cl3N4O2.